The average molecular weight is 280 g/mol. The fraction of sp³-hybridized carbons (Fsp3) is 0.533. The molecule has 1 heterocycles. The molecule has 0 amide bonds. The Labute approximate surface area is 118 Å². The summed E-state index contributed by atoms with van der Waals surface area (Å²) in [5.74, 6) is 1.26. The van der Waals surface area contributed by atoms with Crippen molar-refractivity contribution < 1.29 is 23.7 Å². The monoisotopic (exact) mass is 280 g/mol. The van der Waals surface area contributed by atoms with E-state index in [0.717, 1.165) is 12.8 Å². The minimum absolute atomic E-state index is 0.0767. The summed E-state index contributed by atoms with van der Waals surface area (Å²) in [7, 11) is 4.57. The van der Waals surface area contributed by atoms with E-state index >= 15 is 0 Å². The molecule has 2 unspecified atom stereocenters. The molecule has 110 valence electrons. The van der Waals surface area contributed by atoms with Crippen LogP contribution in [-0.2, 0) is 4.74 Å². The number of Topliss-reactive ketones (excluding diaryl/α,β-unsaturated/α-hetero) is 1. The first kappa shape index (κ1) is 14.7. The molecule has 1 aromatic carbocycles. The molecule has 0 saturated carbocycles. The highest BCUT2D eigenvalue weighted by atomic mass is 16.5. The van der Waals surface area contributed by atoms with Crippen molar-refractivity contribution >= 4 is 5.78 Å². The van der Waals surface area contributed by atoms with Crippen LogP contribution in [-0.4, -0.2) is 39.3 Å². The van der Waals surface area contributed by atoms with Gasteiger partial charge in [0.05, 0.1) is 33.0 Å². The van der Waals surface area contributed by atoms with E-state index in [1.807, 2.05) is 6.92 Å². The van der Waals surface area contributed by atoms with Crippen LogP contribution in [0, 0.1) is 0 Å². The molecule has 0 aromatic heterocycles. The van der Waals surface area contributed by atoms with Crippen LogP contribution >= 0.6 is 0 Å². The SMILES string of the molecule is COc1ccc(C(=O)C2CCC(C)O2)c(OC)c1OC. The standard InChI is InChI=1S/C15H20O5/c1-9-5-7-11(20-9)13(16)10-6-8-12(17-2)15(19-4)14(10)18-3/h6,8-9,11H,5,7H2,1-4H3. The lowest BCUT2D eigenvalue weighted by Gasteiger charge is -2.17. The predicted octanol–water partition coefficient (Wildman–Crippen LogP) is 2.46. The molecule has 0 N–H and O–H groups in total. The van der Waals surface area contributed by atoms with Crippen LogP contribution in [0.1, 0.15) is 30.1 Å². The zero-order valence-corrected chi connectivity index (χ0v) is 12.3. The summed E-state index contributed by atoms with van der Waals surface area (Å²) in [5.41, 5.74) is 0.462. The molecule has 0 radical (unpaired) electrons. The van der Waals surface area contributed by atoms with Gasteiger partial charge < -0.3 is 18.9 Å². The Hall–Kier alpha value is -1.75. The number of carbonyl (C=O) groups excluding carboxylic acids is 1. The van der Waals surface area contributed by atoms with Crippen LogP contribution in [0.3, 0.4) is 0 Å². The zero-order valence-electron chi connectivity index (χ0n) is 12.3. The van der Waals surface area contributed by atoms with E-state index in [2.05, 4.69) is 0 Å². The van der Waals surface area contributed by atoms with Gasteiger partial charge in [0, 0.05) is 0 Å². The molecule has 0 aliphatic carbocycles. The van der Waals surface area contributed by atoms with Crippen LogP contribution in [0.15, 0.2) is 12.1 Å². The third kappa shape index (κ3) is 2.58. The Bertz CT molecular complexity index is 497. The average Bonchev–Trinajstić information content (AvgIpc) is 2.91. The molecule has 5 heteroatoms. The lowest BCUT2D eigenvalue weighted by Crippen LogP contribution is -2.21. The van der Waals surface area contributed by atoms with Gasteiger partial charge in [-0.2, -0.15) is 0 Å². The number of hydrogen-bond acceptors (Lipinski definition) is 5. The second kappa shape index (κ2) is 6.13. The fourth-order valence-corrected chi connectivity index (χ4v) is 2.46. The number of hydrogen-bond donors (Lipinski definition) is 0. The summed E-state index contributed by atoms with van der Waals surface area (Å²) >= 11 is 0. The molecule has 1 fully saturated rings. The molecule has 1 aliphatic heterocycles. The minimum Gasteiger partial charge on any atom is -0.493 e. The smallest absolute Gasteiger partial charge is 0.204 e. The van der Waals surface area contributed by atoms with Crippen LogP contribution in [0.25, 0.3) is 0 Å². The van der Waals surface area contributed by atoms with Gasteiger partial charge in [-0.1, -0.05) is 0 Å². The van der Waals surface area contributed by atoms with Crippen molar-refractivity contribution in [2.45, 2.75) is 32.0 Å². The maximum absolute atomic E-state index is 12.5. The summed E-state index contributed by atoms with van der Waals surface area (Å²) in [6.07, 6.45) is 1.34. The molecule has 1 aromatic rings. The first-order valence-electron chi connectivity index (χ1n) is 6.61. The van der Waals surface area contributed by atoms with Crippen molar-refractivity contribution in [2.24, 2.45) is 0 Å². The van der Waals surface area contributed by atoms with Crippen LogP contribution in [0.4, 0.5) is 0 Å². The Kier molecular flexibility index (Phi) is 4.49. The molecule has 0 bridgehead atoms. The number of benzene rings is 1. The second-order valence-electron chi connectivity index (χ2n) is 4.76. The number of carbonyl (C=O) groups is 1. The second-order valence-corrected chi connectivity index (χ2v) is 4.76. The Morgan fingerprint density at radius 1 is 1.10 bits per heavy atom. The molecule has 5 nitrogen and oxygen atoms in total. The molecule has 2 rings (SSSR count). The van der Waals surface area contributed by atoms with E-state index in [0.29, 0.717) is 22.8 Å². The van der Waals surface area contributed by atoms with Gasteiger partial charge in [-0.15, -0.1) is 0 Å². The van der Waals surface area contributed by atoms with E-state index in [4.69, 9.17) is 18.9 Å². The van der Waals surface area contributed by atoms with Gasteiger partial charge in [-0.3, -0.25) is 4.79 Å². The van der Waals surface area contributed by atoms with Crippen LogP contribution in [0.5, 0.6) is 17.2 Å². The summed E-state index contributed by atoms with van der Waals surface area (Å²) in [6, 6.07) is 3.39. The molecule has 1 aliphatic rings. The van der Waals surface area contributed by atoms with Crippen molar-refractivity contribution in [2.75, 3.05) is 21.3 Å². The van der Waals surface area contributed by atoms with Gasteiger partial charge in [0.15, 0.2) is 17.3 Å². The fourth-order valence-electron chi connectivity index (χ4n) is 2.46. The first-order chi connectivity index (χ1) is 9.62. The third-order valence-corrected chi connectivity index (χ3v) is 3.49. The lowest BCUT2D eigenvalue weighted by molar-refractivity contribution is 0.0430. The van der Waals surface area contributed by atoms with Crippen LogP contribution in [0.2, 0.25) is 0 Å². The quantitative estimate of drug-likeness (QED) is 0.775. The van der Waals surface area contributed by atoms with Crippen molar-refractivity contribution in [1.29, 1.82) is 0 Å². The number of ether oxygens (including phenoxy) is 4. The number of methoxy groups -OCH3 is 3. The number of ketones is 1. The van der Waals surface area contributed by atoms with Crippen LogP contribution < -0.4 is 14.2 Å². The highest BCUT2D eigenvalue weighted by Gasteiger charge is 2.32. The largest absolute Gasteiger partial charge is 0.493 e. The Morgan fingerprint density at radius 3 is 2.30 bits per heavy atom. The van der Waals surface area contributed by atoms with Gasteiger partial charge in [0.2, 0.25) is 5.75 Å². The molecule has 20 heavy (non-hydrogen) atoms. The van der Waals surface area contributed by atoms with Gasteiger partial charge in [0.25, 0.3) is 0 Å². The molecule has 2 atom stereocenters. The zero-order chi connectivity index (χ0) is 14.7. The minimum atomic E-state index is -0.406. The maximum Gasteiger partial charge on any atom is 0.204 e. The topological polar surface area (TPSA) is 54.0 Å². The summed E-state index contributed by atoms with van der Waals surface area (Å²) in [4.78, 5) is 12.5. The molecular formula is C15H20O5. The van der Waals surface area contributed by atoms with Crippen molar-refractivity contribution in [3.63, 3.8) is 0 Å². The molecular weight excluding hydrogens is 260 g/mol. The van der Waals surface area contributed by atoms with E-state index in [1.165, 1.54) is 14.2 Å². The Balaban J connectivity index is 2.38. The maximum atomic E-state index is 12.5. The van der Waals surface area contributed by atoms with E-state index in [9.17, 15) is 4.79 Å². The third-order valence-electron chi connectivity index (χ3n) is 3.49. The van der Waals surface area contributed by atoms with Crippen molar-refractivity contribution in [3.8, 4) is 17.2 Å². The Morgan fingerprint density at radius 2 is 1.80 bits per heavy atom. The highest BCUT2D eigenvalue weighted by molar-refractivity contribution is 6.03. The summed E-state index contributed by atoms with van der Waals surface area (Å²) in [5, 5.41) is 0. The lowest BCUT2D eigenvalue weighted by atomic mass is 10.0. The molecule has 0 spiro atoms. The van der Waals surface area contributed by atoms with Crippen molar-refractivity contribution in [1.82, 2.24) is 0 Å². The highest BCUT2D eigenvalue weighted by Crippen LogP contribution is 2.40. The van der Waals surface area contributed by atoms with E-state index in [1.54, 1.807) is 19.2 Å². The van der Waals surface area contributed by atoms with Gasteiger partial charge in [-0.05, 0) is 31.9 Å². The van der Waals surface area contributed by atoms with Crippen molar-refractivity contribution in [3.05, 3.63) is 17.7 Å². The van der Waals surface area contributed by atoms with E-state index in [-0.39, 0.29) is 11.9 Å². The van der Waals surface area contributed by atoms with Gasteiger partial charge in [-0.25, -0.2) is 0 Å². The van der Waals surface area contributed by atoms with E-state index < -0.39 is 6.10 Å². The first-order valence-corrected chi connectivity index (χ1v) is 6.61. The number of rotatable bonds is 5. The summed E-state index contributed by atoms with van der Waals surface area (Å²) in [6.45, 7) is 1.97. The van der Waals surface area contributed by atoms with Gasteiger partial charge in [0.1, 0.15) is 6.10 Å². The molecule has 1 saturated heterocycles. The normalized spacial score (nSPS) is 21.6. The summed E-state index contributed by atoms with van der Waals surface area (Å²) < 4.78 is 21.5. The van der Waals surface area contributed by atoms with Gasteiger partial charge >= 0.3 is 0 Å². The predicted molar refractivity (Wildman–Crippen MR) is 74.0 cm³/mol.